The lowest BCUT2D eigenvalue weighted by Gasteiger charge is -2.25. The van der Waals surface area contributed by atoms with E-state index in [2.05, 4.69) is 14.8 Å². The molecule has 4 rings (SSSR count). The van der Waals surface area contributed by atoms with E-state index < -0.39 is 0 Å². The number of carbonyl (C=O) groups is 1. The summed E-state index contributed by atoms with van der Waals surface area (Å²) in [5.41, 5.74) is 0.527. The zero-order valence-corrected chi connectivity index (χ0v) is 16.0. The van der Waals surface area contributed by atoms with Crippen molar-refractivity contribution in [1.82, 2.24) is 19.7 Å². The molecule has 0 saturated carbocycles. The third-order valence-corrected chi connectivity index (χ3v) is 5.58. The van der Waals surface area contributed by atoms with Gasteiger partial charge in [0, 0.05) is 19.5 Å². The van der Waals surface area contributed by atoms with Crippen LogP contribution in [0, 0.1) is 0 Å². The molecule has 1 aromatic heterocycles. The molecular weight excluding hydrogens is 344 g/mol. The quantitative estimate of drug-likeness (QED) is 0.827. The Morgan fingerprint density at radius 2 is 1.96 bits per heavy atom. The van der Waals surface area contributed by atoms with Crippen LogP contribution in [0.4, 0.5) is 0 Å². The Bertz CT molecular complexity index is 833. The van der Waals surface area contributed by atoms with Crippen molar-refractivity contribution in [3.63, 3.8) is 0 Å². The van der Waals surface area contributed by atoms with E-state index in [9.17, 15) is 4.79 Å². The number of nitrogens with zero attached hydrogens (tertiary/aromatic N) is 4. The number of fused-ring (bicyclic) bond motifs is 1. The van der Waals surface area contributed by atoms with Crippen molar-refractivity contribution in [3.8, 4) is 11.5 Å². The first-order valence-corrected chi connectivity index (χ1v) is 9.68. The van der Waals surface area contributed by atoms with Gasteiger partial charge in [-0.1, -0.05) is 12.5 Å². The molecule has 2 aliphatic heterocycles. The Balaban J connectivity index is 1.67. The van der Waals surface area contributed by atoms with Gasteiger partial charge in [-0.25, -0.2) is 0 Å². The molecule has 2 aliphatic rings. The molecule has 0 spiro atoms. The topological polar surface area (TPSA) is 69.5 Å². The number of hydrogen-bond acceptors (Lipinski definition) is 5. The van der Waals surface area contributed by atoms with Crippen molar-refractivity contribution < 1.29 is 14.3 Å². The number of ether oxygens (including phenoxy) is 2. The predicted octanol–water partition coefficient (Wildman–Crippen LogP) is 3.00. The van der Waals surface area contributed by atoms with E-state index in [0.717, 1.165) is 50.3 Å². The highest BCUT2D eigenvalue weighted by Crippen LogP contribution is 2.37. The fourth-order valence-corrected chi connectivity index (χ4v) is 4.24. The zero-order valence-electron chi connectivity index (χ0n) is 16.0. The lowest BCUT2D eigenvalue weighted by Crippen LogP contribution is -2.32. The average Bonchev–Trinajstić information content (AvgIpc) is 3.27. The highest BCUT2D eigenvalue weighted by Gasteiger charge is 2.36. The van der Waals surface area contributed by atoms with E-state index in [1.807, 2.05) is 11.0 Å². The van der Waals surface area contributed by atoms with Crippen molar-refractivity contribution in [3.05, 3.63) is 35.4 Å². The van der Waals surface area contributed by atoms with E-state index in [1.54, 1.807) is 26.4 Å². The van der Waals surface area contributed by atoms with Gasteiger partial charge in [-0.2, -0.15) is 0 Å². The first-order chi connectivity index (χ1) is 13.2. The number of amides is 1. The van der Waals surface area contributed by atoms with Crippen LogP contribution >= 0.6 is 0 Å². The monoisotopic (exact) mass is 370 g/mol. The molecule has 3 heterocycles. The lowest BCUT2D eigenvalue weighted by atomic mass is 10.1. The number of methoxy groups -OCH3 is 2. The summed E-state index contributed by atoms with van der Waals surface area (Å²) in [6, 6.07) is 5.38. The Morgan fingerprint density at radius 3 is 2.78 bits per heavy atom. The van der Waals surface area contributed by atoms with Crippen LogP contribution in [0.5, 0.6) is 11.5 Å². The summed E-state index contributed by atoms with van der Waals surface area (Å²) in [6.07, 6.45) is 6.37. The smallest absolute Gasteiger partial charge is 0.258 e. The van der Waals surface area contributed by atoms with Gasteiger partial charge in [0.1, 0.15) is 5.82 Å². The van der Waals surface area contributed by atoms with Gasteiger partial charge < -0.3 is 18.9 Å². The second-order valence-corrected chi connectivity index (χ2v) is 7.13. The number of benzene rings is 1. The summed E-state index contributed by atoms with van der Waals surface area (Å²) < 4.78 is 13.1. The fourth-order valence-electron chi connectivity index (χ4n) is 4.24. The first kappa shape index (κ1) is 17.8. The van der Waals surface area contributed by atoms with Crippen LogP contribution in [0.25, 0.3) is 0 Å². The summed E-state index contributed by atoms with van der Waals surface area (Å²) >= 11 is 0. The Hall–Kier alpha value is -2.57. The largest absolute Gasteiger partial charge is 0.493 e. The van der Waals surface area contributed by atoms with Crippen molar-refractivity contribution >= 4 is 5.91 Å². The van der Waals surface area contributed by atoms with E-state index in [-0.39, 0.29) is 11.9 Å². The van der Waals surface area contributed by atoms with Crippen LogP contribution in [-0.2, 0) is 13.0 Å². The van der Waals surface area contributed by atoms with Crippen LogP contribution in [0.1, 0.15) is 60.2 Å². The van der Waals surface area contributed by atoms with Gasteiger partial charge in [-0.3, -0.25) is 4.79 Å². The number of hydrogen-bond donors (Lipinski definition) is 0. The van der Waals surface area contributed by atoms with Crippen molar-refractivity contribution in [1.29, 1.82) is 0 Å². The second kappa shape index (κ2) is 7.58. The maximum absolute atomic E-state index is 13.4. The van der Waals surface area contributed by atoms with Gasteiger partial charge in [0.25, 0.3) is 5.91 Å². The number of aryl methyl sites for hydroxylation is 1. The zero-order chi connectivity index (χ0) is 18.8. The van der Waals surface area contributed by atoms with Gasteiger partial charge in [-0.05, 0) is 37.8 Å². The molecule has 1 atom stereocenters. The summed E-state index contributed by atoms with van der Waals surface area (Å²) in [6.45, 7) is 1.66. The minimum atomic E-state index is -0.0424. The number of carbonyl (C=O) groups excluding carboxylic acids is 1. The van der Waals surface area contributed by atoms with E-state index in [4.69, 9.17) is 9.47 Å². The second-order valence-electron chi connectivity index (χ2n) is 7.13. The molecule has 144 valence electrons. The van der Waals surface area contributed by atoms with E-state index in [0.29, 0.717) is 23.6 Å². The van der Waals surface area contributed by atoms with Gasteiger partial charge >= 0.3 is 0 Å². The summed E-state index contributed by atoms with van der Waals surface area (Å²) in [7, 11) is 3.14. The first-order valence-electron chi connectivity index (χ1n) is 9.68. The summed E-state index contributed by atoms with van der Waals surface area (Å²) in [5, 5.41) is 8.91. The fraction of sp³-hybridized carbons (Fsp3) is 0.550. The van der Waals surface area contributed by atoms with E-state index in [1.165, 1.54) is 6.42 Å². The molecule has 1 unspecified atom stereocenters. The van der Waals surface area contributed by atoms with Gasteiger partial charge in [0.05, 0.1) is 25.8 Å². The molecule has 1 fully saturated rings. The van der Waals surface area contributed by atoms with Gasteiger partial charge in [-0.15, -0.1) is 10.2 Å². The molecule has 0 N–H and O–H groups in total. The third-order valence-electron chi connectivity index (χ3n) is 5.58. The molecule has 1 saturated heterocycles. The number of aromatic nitrogens is 3. The molecule has 0 aliphatic carbocycles. The molecule has 0 bridgehead atoms. The molecule has 7 heteroatoms. The molecule has 1 amide bonds. The van der Waals surface area contributed by atoms with Crippen molar-refractivity contribution in [2.24, 2.45) is 0 Å². The van der Waals surface area contributed by atoms with E-state index >= 15 is 0 Å². The van der Waals surface area contributed by atoms with Crippen molar-refractivity contribution in [2.75, 3.05) is 20.8 Å². The normalized spacial score (nSPS) is 19.5. The van der Waals surface area contributed by atoms with Crippen LogP contribution in [0.3, 0.4) is 0 Å². The molecular formula is C20H26N4O3. The van der Waals surface area contributed by atoms with Crippen LogP contribution in [0.2, 0.25) is 0 Å². The number of para-hydroxylation sites is 1. The highest BCUT2D eigenvalue weighted by atomic mass is 16.5. The Morgan fingerprint density at radius 1 is 1.07 bits per heavy atom. The van der Waals surface area contributed by atoms with Crippen molar-refractivity contribution in [2.45, 2.75) is 51.1 Å². The Labute approximate surface area is 159 Å². The van der Waals surface area contributed by atoms with Gasteiger partial charge in [0.2, 0.25) is 0 Å². The molecule has 7 nitrogen and oxygen atoms in total. The SMILES string of the molecule is COc1cccc(C(=O)N2CCCC2c2nnc3n2CCCCC3)c1OC. The lowest BCUT2D eigenvalue weighted by molar-refractivity contribution is 0.0723. The Kier molecular flexibility index (Phi) is 5.01. The number of rotatable bonds is 4. The molecule has 27 heavy (non-hydrogen) atoms. The highest BCUT2D eigenvalue weighted by molar-refractivity contribution is 5.98. The van der Waals surface area contributed by atoms with Crippen LogP contribution in [0.15, 0.2) is 18.2 Å². The maximum Gasteiger partial charge on any atom is 0.258 e. The minimum Gasteiger partial charge on any atom is -0.493 e. The van der Waals surface area contributed by atoms with Gasteiger partial charge in [0.15, 0.2) is 17.3 Å². The molecule has 1 aromatic carbocycles. The average molecular weight is 370 g/mol. The summed E-state index contributed by atoms with van der Waals surface area (Å²) in [4.78, 5) is 15.3. The molecule has 2 aromatic rings. The van der Waals surface area contributed by atoms with Crippen LogP contribution in [-0.4, -0.2) is 46.3 Å². The minimum absolute atomic E-state index is 0.0345. The summed E-state index contributed by atoms with van der Waals surface area (Å²) in [5.74, 6) is 2.99. The predicted molar refractivity (Wildman–Crippen MR) is 100 cm³/mol. The van der Waals surface area contributed by atoms with Crippen LogP contribution < -0.4 is 9.47 Å². The standard InChI is InChI=1S/C20H26N4O3/c1-26-16-10-6-8-14(18(16)27-2)20(25)23-13-7-9-15(23)19-22-21-17-11-4-3-5-12-24(17)19/h6,8,10,15H,3-5,7,9,11-13H2,1-2H3. The maximum atomic E-state index is 13.4. The molecule has 0 radical (unpaired) electrons. The number of likely N-dealkylation sites (tertiary alicyclic amines) is 1. The third kappa shape index (κ3) is 3.15.